The minimum absolute atomic E-state index is 0.199. The number of imide groups is 1. The van der Waals surface area contributed by atoms with Crippen LogP contribution in [0.4, 0.5) is 4.79 Å². The van der Waals surface area contributed by atoms with E-state index in [1.54, 1.807) is 37.3 Å². The van der Waals surface area contributed by atoms with Gasteiger partial charge in [0.2, 0.25) is 0 Å². The van der Waals surface area contributed by atoms with E-state index in [-0.39, 0.29) is 11.6 Å². The van der Waals surface area contributed by atoms with Gasteiger partial charge in [0.1, 0.15) is 18.1 Å². The summed E-state index contributed by atoms with van der Waals surface area (Å²) >= 11 is 0. The van der Waals surface area contributed by atoms with Gasteiger partial charge in [0.05, 0.1) is 5.97 Å². The molecule has 21 heavy (non-hydrogen) atoms. The lowest BCUT2D eigenvalue weighted by Crippen LogP contribution is -2.30. The third kappa shape index (κ3) is 3.38. The molecule has 7 nitrogen and oxygen atoms in total. The number of nitrogens with one attached hydrogen (secondary N) is 1. The molecule has 1 N–H and O–H groups in total. The number of ether oxygens (including phenoxy) is 1. The van der Waals surface area contributed by atoms with Crippen LogP contribution in [-0.2, 0) is 9.59 Å². The molecular formula is C14H13N2O5-. The second-order valence-corrected chi connectivity index (χ2v) is 4.27. The van der Waals surface area contributed by atoms with Crippen LogP contribution in [-0.4, -0.2) is 36.0 Å². The number of carbonyl (C=O) groups is 3. The zero-order valence-corrected chi connectivity index (χ0v) is 11.3. The molecule has 0 atom stereocenters. The third-order valence-corrected chi connectivity index (χ3v) is 2.83. The van der Waals surface area contributed by atoms with Crippen molar-refractivity contribution >= 4 is 24.0 Å². The van der Waals surface area contributed by atoms with Crippen LogP contribution in [0.1, 0.15) is 12.5 Å². The van der Waals surface area contributed by atoms with E-state index in [4.69, 9.17) is 4.74 Å². The Hall–Kier alpha value is -2.83. The Morgan fingerprint density at radius 2 is 2.00 bits per heavy atom. The summed E-state index contributed by atoms with van der Waals surface area (Å²) in [5.41, 5.74) is 0.877. The topological polar surface area (TPSA) is 98.8 Å². The van der Waals surface area contributed by atoms with E-state index in [2.05, 4.69) is 5.32 Å². The van der Waals surface area contributed by atoms with Gasteiger partial charge in [0.25, 0.3) is 5.91 Å². The maximum atomic E-state index is 11.9. The van der Waals surface area contributed by atoms with Crippen LogP contribution in [0.2, 0.25) is 0 Å². The summed E-state index contributed by atoms with van der Waals surface area (Å²) in [6.07, 6.45) is 1.54. The van der Waals surface area contributed by atoms with Gasteiger partial charge in [-0.1, -0.05) is 12.1 Å². The minimum atomic E-state index is -1.31. The SMILES string of the molecule is CCN1C(=O)NC(=Cc2ccc(OCC(=O)[O-])cc2)C1=O. The number of carboxylic acid groups (broad SMARTS) is 1. The Kier molecular flexibility index (Phi) is 4.22. The minimum Gasteiger partial charge on any atom is -0.546 e. The van der Waals surface area contributed by atoms with Crippen molar-refractivity contribution in [2.45, 2.75) is 6.92 Å². The largest absolute Gasteiger partial charge is 0.546 e. The zero-order chi connectivity index (χ0) is 15.4. The molecule has 7 heteroatoms. The fourth-order valence-corrected chi connectivity index (χ4v) is 1.83. The number of hydrogen-bond donors (Lipinski definition) is 1. The van der Waals surface area contributed by atoms with Crippen LogP contribution in [0.3, 0.4) is 0 Å². The van der Waals surface area contributed by atoms with Crippen LogP contribution in [0.25, 0.3) is 6.08 Å². The first kappa shape index (κ1) is 14.6. The highest BCUT2D eigenvalue weighted by Gasteiger charge is 2.31. The zero-order valence-electron chi connectivity index (χ0n) is 11.3. The van der Waals surface area contributed by atoms with Crippen molar-refractivity contribution in [1.82, 2.24) is 10.2 Å². The van der Waals surface area contributed by atoms with Gasteiger partial charge in [-0.3, -0.25) is 9.69 Å². The van der Waals surface area contributed by atoms with Crippen molar-refractivity contribution in [2.75, 3.05) is 13.2 Å². The molecule has 0 radical (unpaired) electrons. The highest BCUT2D eigenvalue weighted by molar-refractivity contribution is 6.13. The molecule has 1 aliphatic rings. The molecule has 2 rings (SSSR count). The molecule has 0 bridgehead atoms. The summed E-state index contributed by atoms with van der Waals surface area (Å²) in [6.45, 7) is 1.49. The summed E-state index contributed by atoms with van der Waals surface area (Å²) in [5.74, 6) is -1.31. The van der Waals surface area contributed by atoms with Crippen molar-refractivity contribution in [3.63, 3.8) is 0 Å². The van der Waals surface area contributed by atoms with E-state index in [0.29, 0.717) is 17.9 Å². The average Bonchev–Trinajstić information content (AvgIpc) is 2.72. The summed E-state index contributed by atoms with van der Waals surface area (Å²) in [6, 6.07) is 5.97. The molecule has 1 aromatic carbocycles. The number of benzene rings is 1. The van der Waals surface area contributed by atoms with Gasteiger partial charge >= 0.3 is 6.03 Å². The number of amides is 3. The van der Waals surface area contributed by atoms with Gasteiger partial charge in [-0.05, 0) is 30.7 Å². The van der Waals surface area contributed by atoms with Gasteiger partial charge in [-0.2, -0.15) is 0 Å². The normalized spacial score (nSPS) is 16.2. The Labute approximate surface area is 120 Å². The molecule has 0 saturated carbocycles. The fraction of sp³-hybridized carbons (Fsp3) is 0.214. The Morgan fingerprint density at radius 3 is 2.52 bits per heavy atom. The Balaban J connectivity index is 2.09. The number of hydrogen-bond acceptors (Lipinski definition) is 5. The van der Waals surface area contributed by atoms with E-state index in [1.165, 1.54) is 0 Å². The maximum Gasteiger partial charge on any atom is 0.328 e. The van der Waals surface area contributed by atoms with Crippen molar-refractivity contribution in [3.8, 4) is 5.75 Å². The van der Waals surface area contributed by atoms with E-state index in [1.807, 2.05) is 0 Å². The van der Waals surface area contributed by atoms with Gasteiger partial charge in [-0.25, -0.2) is 4.79 Å². The molecule has 1 heterocycles. The number of carboxylic acids is 1. The van der Waals surface area contributed by atoms with E-state index in [9.17, 15) is 19.5 Å². The summed E-state index contributed by atoms with van der Waals surface area (Å²) in [7, 11) is 0. The standard InChI is InChI=1S/C14H14N2O5/c1-2-16-13(19)11(15-14(16)20)7-9-3-5-10(6-4-9)21-8-12(17)18/h3-7H,2,8H2,1H3,(H,15,20)(H,17,18)/p-1. The van der Waals surface area contributed by atoms with Crippen LogP contribution in [0, 0.1) is 0 Å². The number of carbonyl (C=O) groups excluding carboxylic acids is 3. The number of likely N-dealkylation sites (N-methyl/N-ethyl adjacent to an activating group) is 1. The summed E-state index contributed by atoms with van der Waals surface area (Å²) in [5, 5.41) is 12.8. The molecule has 1 aliphatic heterocycles. The molecule has 110 valence electrons. The quantitative estimate of drug-likeness (QED) is 0.594. The van der Waals surface area contributed by atoms with Gasteiger partial charge in [0, 0.05) is 6.54 Å². The van der Waals surface area contributed by atoms with E-state index < -0.39 is 18.6 Å². The Bertz CT molecular complexity index is 606. The fourth-order valence-electron chi connectivity index (χ4n) is 1.83. The molecule has 1 aromatic rings. The van der Waals surface area contributed by atoms with Gasteiger partial charge in [-0.15, -0.1) is 0 Å². The van der Waals surface area contributed by atoms with E-state index >= 15 is 0 Å². The molecular weight excluding hydrogens is 276 g/mol. The second-order valence-electron chi connectivity index (χ2n) is 4.27. The molecule has 0 aromatic heterocycles. The second kappa shape index (κ2) is 6.08. The summed E-state index contributed by atoms with van der Waals surface area (Å²) < 4.78 is 4.94. The predicted molar refractivity (Wildman–Crippen MR) is 70.8 cm³/mol. The Morgan fingerprint density at radius 1 is 1.33 bits per heavy atom. The number of aliphatic carboxylic acids is 1. The molecule has 0 spiro atoms. The van der Waals surface area contributed by atoms with Crippen LogP contribution in [0.5, 0.6) is 5.75 Å². The van der Waals surface area contributed by atoms with Crippen LogP contribution < -0.4 is 15.2 Å². The summed E-state index contributed by atoms with van der Waals surface area (Å²) in [4.78, 5) is 34.7. The van der Waals surface area contributed by atoms with Gasteiger partial charge < -0.3 is 20.0 Å². The van der Waals surface area contributed by atoms with Crippen molar-refractivity contribution in [2.24, 2.45) is 0 Å². The first-order valence-corrected chi connectivity index (χ1v) is 6.28. The lowest BCUT2D eigenvalue weighted by molar-refractivity contribution is -0.307. The highest BCUT2D eigenvalue weighted by atomic mass is 16.5. The van der Waals surface area contributed by atoms with E-state index in [0.717, 1.165) is 4.90 Å². The van der Waals surface area contributed by atoms with Gasteiger partial charge in [0.15, 0.2) is 0 Å². The molecule has 1 saturated heterocycles. The lowest BCUT2D eigenvalue weighted by Gasteiger charge is -2.07. The average molecular weight is 289 g/mol. The van der Waals surface area contributed by atoms with Crippen molar-refractivity contribution < 1.29 is 24.2 Å². The number of urea groups is 1. The monoisotopic (exact) mass is 289 g/mol. The first-order chi connectivity index (χ1) is 10.0. The number of nitrogens with zero attached hydrogens (tertiary/aromatic N) is 1. The van der Waals surface area contributed by atoms with Crippen molar-refractivity contribution in [3.05, 3.63) is 35.5 Å². The third-order valence-electron chi connectivity index (χ3n) is 2.83. The van der Waals surface area contributed by atoms with Crippen LogP contribution >= 0.6 is 0 Å². The molecule has 0 aliphatic carbocycles. The molecule has 1 fully saturated rings. The first-order valence-electron chi connectivity index (χ1n) is 6.28. The molecule has 3 amide bonds. The number of rotatable bonds is 5. The molecule has 0 unspecified atom stereocenters. The smallest absolute Gasteiger partial charge is 0.328 e. The lowest BCUT2D eigenvalue weighted by atomic mass is 10.2. The maximum absolute atomic E-state index is 11.9. The highest BCUT2D eigenvalue weighted by Crippen LogP contribution is 2.17. The van der Waals surface area contributed by atoms with Crippen molar-refractivity contribution in [1.29, 1.82) is 0 Å². The predicted octanol–water partition coefficient (Wildman–Crippen LogP) is -0.272. The van der Waals surface area contributed by atoms with Crippen LogP contribution in [0.15, 0.2) is 30.0 Å².